The fraction of sp³-hybridized carbons (Fsp3) is 0.250. The van der Waals surface area contributed by atoms with Crippen molar-refractivity contribution in [1.82, 2.24) is 4.57 Å². The summed E-state index contributed by atoms with van der Waals surface area (Å²) < 4.78 is 9.64. The fourth-order valence-electron chi connectivity index (χ4n) is 3.88. The molecule has 0 aliphatic heterocycles. The first-order valence-electron chi connectivity index (χ1n) is 9.59. The first-order chi connectivity index (χ1) is 13.9. The molecule has 1 unspecified atom stereocenters. The smallest absolute Gasteiger partial charge is 0.119 e. The van der Waals surface area contributed by atoms with Crippen LogP contribution in [0.25, 0.3) is 21.8 Å². The van der Waals surface area contributed by atoms with E-state index in [0.29, 0.717) is 13.0 Å². The Morgan fingerprint density at radius 1 is 0.931 bits per heavy atom. The molecule has 0 radical (unpaired) electrons. The predicted octanol–water partition coefficient (Wildman–Crippen LogP) is 6.71. The number of hydrogen-bond donors (Lipinski definition) is 1. The van der Waals surface area contributed by atoms with Gasteiger partial charge in [0.2, 0.25) is 0 Å². The van der Waals surface area contributed by atoms with Crippen molar-refractivity contribution in [1.29, 1.82) is 0 Å². The maximum atomic E-state index is 11.2. The summed E-state index contributed by atoms with van der Waals surface area (Å²) in [5.41, 5.74) is 2.58. The van der Waals surface area contributed by atoms with Crippen LogP contribution in [-0.2, 0) is 13.0 Å². The highest BCUT2D eigenvalue weighted by molar-refractivity contribution is 9.10. The average molecular weight is 517 g/mol. The van der Waals surface area contributed by atoms with Crippen molar-refractivity contribution in [2.45, 2.75) is 31.9 Å². The Bertz CT molecular complexity index is 1120. The fourth-order valence-corrected chi connectivity index (χ4v) is 4.60. The third-order valence-electron chi connectivity index (χ3n) is 5.37. The monoisotopic (exact) mass is 515 g/mol. The SMILES string of the molecule is COc1cccc(CCC(C)(O)Cn2c3ccc(Br)cc3c3cc(Br)ccc32)c1. The zero-order valence-corrected chi connectivity index (χ0v) is 19.6. The molecule has 5 heteroatoms. The highest BCUT2D eigenvalue weighted by Gasteiger charge is 2.24. The Morgan fingerprint density at radius 2 is 1.55 bits per heavy atom. The number of nitrogens with zero attached hydrogens (tertiary/aromatic N) is 1. The van der Waals surface area contributed by atoms with Crippen LogP contribution in [-0.4, -0.2) is 22.4 Å². The number of aliphatic hydroxyl groups is 1. The molecule has 0 fully saturated rings. The molecular weight excluding hydrogens is 494 g/mol. The minimum atomic E-state index is -0.845. The molecule has 0 aliphatic carbocycles. The topological polar surface area (TPSA) is 34.4 Å². The normalized spacial score (nSPS) is 13.7. The van der Waals surface area contributed by atoms with E-state index in [9.17, 15) is 5.11 Å². The summed E-state index contributed by atoms with van der Waals surface area (Å²) in [7, 11) is 1.67. The molecule has 1 atom stereocenters. The van der Waals surface area contributed by atoms with Gasteiger partial charge in [0.1, 0.15) is 5.75 Å². The lowest BCUT2D eigenvalue weighted by molar-refractivity contribution is 0.0356. The quantitative estimate of drug-likeness (QED) is 0.309. The Hall–Kier alpha value is -1.82. The summed E-state index contributed by atoms with van der Waals surface area (Å²) in [6, 6.07) is 20.7. The van der Waals surface area contributed by atoms with Gasteiger partial charge in [-0.2, -0.15) is 0 Å². The third-order valence-corrected chi connectivity index (χ3v) is 6.36. The van der Waals surface area contributed by atoms with E-state index in [4.69, 9.17) is 4.74 Å². The first kappa shape index (κ1) is 20.5. The molecule has 3 aromatic carbocycles. The van der Waals surface area contributed by atoms with E-state index in [-0.39, 0.29) is 0 Å². The van der Waals surface area contributed by atoms with Crippen molar-refractivity contribution >= 4 is 53.7 Å². The maximum absolute atomic E-state index is 11.2. The van der Waals surface area contributed by atoms with Crippen LogP contribution in [0.1, 0.15) is 18.9 Å². The minimum Gasteiger partial charge on any atom is -0.497 e. The molecule has 0 spiro atoms. The Kier molecular flexibility index (Phi) is 5.74. The van der Waals surface area contributed by atoms with E-state index < -0.39 is 5.60 Å². The summed E-state index contributed by atoms with van der Waals surface area (Å²) in [6.07, 6.45) is 1.45. The number of ether oxygens (including phenoxy) is 1. The molecule has 0 saturated heterocycles. The molecule has 0 aliphatic rings. The molecule has 3 nitrogen and oxygen atoms in total. The van der Waals surface area contributed by atoms with E-state index >= 15 is 0 Å². The molecule has 1 aromatic heterocycles. The second-order valence-electron chi connectivity index (χ2n) is 7.76. The van der Waals surface area contributed by atoms with Gasteiger partial charge in [0.15, 0.2) is 0 Å². The third kappa shape index (κ3) is 4.37. The van der Waals surface area contributed by atoms with Crippen molar-refractivity contribution < 1.29 is 9.84 Å². The molecule has 4 aromatic rings. The number of halogens is 2. The molecule has 150 valence electrons. The molecular formula is C24H23Br2NO2. The molecule has 0 amide bonds. The number of rotatable bonds is 6. The van der Waals surface area contributed by atoms with Crippen LogP contribution in [0, 0.1) is 0 Å². The summed E-state index contributed by atoms with van der Waals surface area (Å²) >= 11 is 7.18. The number of benzene rings is 3. The van der Waals surface area contributed by atoms with Crippen LogP contribution in [0.4, 0.5) is 0 Å². The molecule has 0 saturated carbocycles. The van der Waals surface area contributed by atoms with E-state index in [1.165, 1.54) is 16.3 Å². The molecule has 1 heterocycles. The lowest BCUT2D eigenvalue weighted by atomic mass is 9.96. The van der Waals surface area contributed by atoms with Gasteiger partial charge in [-0.15, -0.1) is 0 Å². The molecule has 29 heavy (non-hydrogen) atoms. The summed E-state index contributed by atoms with van der Waals surface area (Å²) in [4.78, 5) is 0. The first-order valence-corrected chi connectivity index (χ1v) is 11.2. The van der Waals surface area contributed by atoms with Crippen molar-refractivity contribution in [2.75, 3.05) is 7.11 Å². The van der Waals surface area contributed by atoms with Gasteiger partial charge in [0.25, 0.3) is 0 Å². The van der Waals surface area contributed by atoms with Gasteiger partial charge in [-0.05, 0) is 73.9 Å². The van der Waals surface area contributed by atoms with Crippen molar-refractivity contribution in [3.8, 4) is 5.75 Å². The van der Waals surface area contributed by atoms with Gasteiger partial charge in [0, 0.05) is 30.8 Å². The van der Waals surface area contributed by atoms with Gasteiger partial charge >= 0.3 is 0 Å². The van der Waals surface area contributed by atoms with E-state index in [2.05, 4.69) is 78.9 Å². The number of aryl methyl sites for hydroxylation is 1. The number of hydrogen-bond acceptors (Lipinski definition) is 2. The van der Waals surface area contributed by atoms with E-state index in [1.807, 2.05) is 25.1 Å². The van der Waals surface area contributed by atoms with Crippen LogP contribution in [0.5, 0.6) is 5.75 Å². The Labute approximate surface area is 187 Å². The van der Waals surface area contributed by atoms with Crippen LogP contribution < -0.4 is 4.74 Å². The van der Waals surface area contributed by atoms with E-state index in [1.54, 1.807) is 7.11 Å². The average Bonchev–Trinajstić information content (AvgIpc) is 2.98. The van der Waals surface area contributed by atoms with Crippen molar-refractivity contribution in [3.63, 3.8) is 0 Å². The predicted molar refractivity (Wildman–Crippen MR) is 127 cm³/mol. The largest absolute Gasteiger partial charge is 0.497 e. The zero-order chi connectivity index (χ0) is 20.6. The van der Waals surface area contributed by atoms with Crippen LogP contribution in [0.15, 0.2) is 69.6 Å². The van der Waals surface area contributed by atoms with Gasteiger partial charge in [-0.1, -0.05) is 44.0 Å². The maximum Gasteiger partial charge on any atom is 0.119 e. The lowest BCUT2D eigenvalue weighted by Gasteiger charge is -2.25. The molecule has 0 bridgehead atoms. The minimum absolute atomic E-state index is 0.528. The van der Waals surface area contributed by atoms with Crippen LogP contribution in [0.3, 0.4) is 0 Å². The van der Waals surface area contributed by atoms with Gasteiger partial charge < -0.3 is 14.4 Å². The highest BCUT2D eigenvalue weighted by atomic mass is 79.9. The molecule has 4 rings (SSSR count). The Balaban J connectivity index is 1.66. The highest BCUT2D eigenvalue weighted by Crippen LogP contribution is 2.34. The zero-order valence-electron chi connectivity index (χ0n) is 16.5. The standard InChI is InChI=1S/C24H23Br2NO2/c1-24(28,11-10-16-4-3-5-19(12-16)29-2)15-27-22-8-6-17(25)13-20(22)21-14-18(26)7-9-23(21)27/h3-9,12-14,28H,10-11,15H2,1-2H3. The number of fused-ring (bicyclic) bond motifs is 3. The molecule has 1 N–H and O–H groups in total. The van der Waals surface area contributed by atoms with Gasteiger partial charge in [-0.25, -0.2) is 0 Å². The van der Waals surface area contributed by atoms with Crippen molar-refractivity contribution in [3.05, 3.63) is 75.2 Å². The van der Waals surface area contributed by atoms with Gasteiger partial charge in [0.05, 0.1) is 19.3 Å². The second kappa shape index (κ2) is 8.13. The lowest BCUT2D eigenvalue weighted by Crippen LogP contribution is -2.31. The summed E-state index contributed by atoms with van der Waals surface area (Å²) in [5, 5.41) is 13.6. The summed E-state index contributed by atoms with van der Waals surface area (Å²) in [5.74, 6) is 0.848. The Morgan fingerprint density at radius 3 is 2.14 bits per heavy atom. The van der Waals surface area contributed by atoms with Gasteiger partial charge in [-0.3, -0.25) is 0 Å². The van der Waals surface area contributed by atoms with Crippen LogP contribution >= 0.6 is 31.9 Å². The van der Waals surface area contributed by atoms with Crippen LogP contribution in [0.2, 0.25) is 0 Å². The van der Waals surface area contributed by atoms with E-state index in [0.717, 1.165) is 32.1 Å². The summed E-state index contributed by atoms with van der Waals surface area (Å²) in [6.45, 7) is 2.45. The van der Waals surface area contributed by atoms with Crippen molar-refractivity contribution in [2.24, 2.45) is 0 Å². The number of aromatic nitrogens is 1. The number of methoxy groups -OCH3 is 1. The second-order valence-corrected chi connectivity index (χ2v) is 9.59.